The maximum absolute atomic E-state index is 12.6. The summed E-state index contributed by atoms with van der Waals surface area (Å²) in [4.78, 5) is 16.1. The van der Waals surface area contributed by atoms with Crippen molar-refractivity contribution in [2.24, 2.45) is 0 Å². The highest BCUT2D eigenvalue weighted by molar-refractivity contribution is 7.89. The number of hydrogen-bond acceptors (Lipinski definition) is 7. The number of hydrogen-bond donors (Lipinski definition) is 2. The summed E-state index contributed by atoms with van der Waals surface area (Å²) in [6.45, 7) is 1.73. The number of rotatable bonds is 7. The Morgan fingerprint density at radius 3 is 2.66 bits per heavy atom. The molecule has 0 spiro atoms. The standard InChI is InChI=1S/C19H20N4O5S/c1-12-6-4-5-7-14(12)18-22-17(28-23-18)11-21-29(25,26)13-8-9-16(27-3)15(10-13)19(24)20-2/h4-10,21H,11H2,1-3H3,(H,20,24). The Morgan fingerprint density at radius 1 is 1.21 bits per heavy atom. The Labute approximate surface area is 168 Å². The van der Waals surface area contributed by atoms with Crippen LogP contribution < -0.4 is 14.8 Å². The first kappa shape index (κ1) is 20.5. The molecule has 0 fully saturated rings. The monoisotopic (exact) mass is 416 g/mol. The minimum Gasteiger partial charge on any atom is -0.496 e. The van der Waals surface area contributed by atoms with Crippen LogP contribution >= 0.6 is 0 Å². The molecule has 0 bridgehead atoms. The van der Waals surface area contributed by atoms with Crippen LogP contribution in [0.2, 0.25) is 0 Å². The third-order valence-electron chi connectivity index (χ3n) is 4.22. The van der Waals surface area contributed by atoms with Crippen molar-refractivity contribution in [2.75, 3.05) is 14.2 Å². The number of methoxy groups -OCH3 is 1. The van der Waals surface area contributed by atoms with Gasteiger partial charge in [0.15, 0.2) is 0 Å². The first-order chi connectivity index (χ1) is 13.9. The molecule has 1 amide bonds. The average Bonchev–Trinajstić information content (AvgIpc) is 3.20. The van der Waals surface area contributed by atoms with E-state index >= 15 is 0 Å². The summed E-state index contributed by atoms with van der Waals surface area (Å²) in [6, 6.07) is 11.5. The zero-order valence-electron chi connectivity index (χ0n) is 16.1. The fraction of sp³-hybridized carbons (Fsp3) is 0.211. The molecule has 0 unspecified atom stereocenters. The number of nitrogens with zero attached hydrogens (tertiary/aromatic N) is 2. The number of aromatic nitrogens is 2. The molecule has 1 heterocycles. The molecule has 0 aliphatic heterocycles. The van der Waals surface area contributed by atoms with Crippen molar-refractivity contribution in [3.8, 4) is 17.1 Å². The third kappa shape index (κ3) is 4.44. The van der Waals surface area contributed by atoms with Gasteiger partial charge in [-0.05, 0) is 30.7 Å². The fourth-order valence-corrected chi connectivity index (χ4v) is 3.67. The van der Waals surface area contributed by atoms with Crippen molar-refractivity contribution in [2.45, 2.75) is 18.4 Å². The van der Waals surface area contributed by atoms with Crippen LogP contribution in [-0.4, -0.2) is 38.6 Å². The van der Waals surface area contributed by atoms with Crippen LogP contribution in [0.5, 0.6) is 5.75 Å². The molecule has 3 aromatic rings. The number of carbonyl (C=O) groups excluding carboxylic acids is 1. The number of benzene rings is 2. The van der Waals surface area contributed by atoms with E-state index < -0.39 is 15.9 Å². The van der Waals surface area contributed by atoms with Gasteiger partial charge in [0.05, 0.1) is 24.1 Å². The average molecular weight is 416 g/mol. The molecule has 29 heavy (non-hydrogen) atoms. The molecule has 2 aromatic carbocycles. The lowest BCUT2D eigenvalue weighted by molar-refractivity contribution is 0.0960. The summed E-state index contributed by atoms with van der Waals surface area (Å²) in [6.07, 6.45) is 0. The van der Waals surface area contributed by atoms with E-state index in [1.807, 2.05) is 31.2 Å². The van der Waals surface area contributed by atoms with Crippen molar-refractivity contribution < 1.29 is 22.5 Å². The molecule has 0 saturated heterocycles. The van der Waals surface area contributed by atoms with E-state index in [2.05, 4.69) is 20.2 Å². The smallest absolute Gasteiger partial charge is 0.254 e. The summed E-state index contributed by atoms with van der Waals surface area (Å²) >= 11 is 0. The zero-order chi connectivity index (χ0) is 21.0. The lowest BCUT2D eigenvalue weighted by atomic mass is 10.1. The van der Waals surface area contributed by atoms with Crippen LogP contribution in [-0.2, 0) is 16.6 Å². The zero-order valence-corrected chi connectivity index (χ0v) is 16.9. The molecule has 3 rings (SSSR count). The van der Waals surface area contributed by atoms with Gasteiger partial charge < -0.3 is 14.6 Å². The molecular weight excluding hydrogens is 396 g/mol. The Morgan fingerprint density at radius 2 is 1.97 bits per heavy atom. The molecule has 0 aliphatic carbocycles. The number of amides is 1. The summed E-state index contributed by atoms with van der Waals surface area (Å²) in [5.74, 6) is 0.303. The van der Waals surface area contributed by atoms with Gasteiger partial charge in [-0.15, -0.1) is 0 Å². The van der Waals surface area contributed by atoms with Crippen LogP contribution in [0.25, 0.3) is 11.4 Å². The van der Waals surface area contributed by atoms with Crippen molar-refractivity contribution in [1.82, 2.24) is 20.2 Å². The van der Waals surface area contributed by atoms with E-state index in [4.69, 9.17) is 9.26 Å². The van der Waals surface area contributed by atoms with Gasteiger partial charge in [0.2, 0.25) is 21.7 Å². The SMILES string of the molecule is CNC(=O)c1cc(S(=O)(=O)NCc2nc(-c3ccccc3C)no2)ccc1OC. The lowest BCUT2D eigenvalue weighted by Crippen LogP contribution is -2.24. The maximum atomic E-state index is 12.6. The summed E-state index contributed by atoms with van der Waals surface area (Å²) in [5, 5.41) is 6.35. The van der Waals surface area contributed by atoms with Gasteiger partial charge >= 0.3 is 0 Å². The van der Waals surface area contributed by atoms with Crippen molar-refractivity contribution in [3.05, 3.63) is 59.5 Å². The van der Waals surface area contributed by atoms with Gasteiger partial charge in [-0.3, -0.25) is 4.79 Å². The minimum absolute atomic E-state index is 0.0875. The Hall–Kier alpha value is -3.24. The molecule has 0 aliphatic rings. The molecule has 0 saturated carbocycles. The number of aryl methyl sites for hydroxylation is 1. The van der Waals surface area contributed by atoms with Crippen molar-refractivity contribution in [1.29, 1.82) is 0 Å². The van der Waals surface area contributed by atoms with Crippen LogP contribution in [0.1, 0.15) is 21.8 Å². The highest BCUT2D eigenvalue weighted by Gasteiger charge is 2.20. The van der Waals surface area contributed by atoms with Gasteiger partial charge in [0.25, 0.3) is 5.91 Å². The molecule has 0 radical (unpaired) electrons. The largest absolute Gasteiger partial charge is 0.496 e. The summed E-state index contributed by atoms with van der Waals surface area (Å²) in [7, 11) is -1.08. The molecule has 2 N–H and O–H groups in total. The molecular formula is C19H20N4O5S. The Kier molecular flexibility index (Phi) is 5.95. The highest BCUT2D eigenvalue weighted by atomic mass is 32.2. The first-order valence-electron chi connectivity index (χ1n) is 8.64. The molecule has 152 valence electrons. The predicted octanol–water partition coefficient (Wildman–Crippen LogP) is 1.89. The van der Waals surface area contributed by atoms with Crippen LogP contribution in [0.15, 0.2) is 51.9 Å². The Bertz CT molecular complexity index is 1140. The lowest BCUT2D eigenvalue weighted by Gasteiger charge is -2.10. The van der Waals surface area contributed by atoms with Crippen LogP contribution in [0.3, 0.4) is 0 Å². The first-order valence-corrected chi connectivity index (χ1v) is 10.1. The van der Waals surface area contributed by atoms with E-state index in [-0.39, 0.29) is 28.6 Å². The van der Waals surface area contributed by atoms with Gasteiger partial charge in [0, 0.05) is 12.6 Å². The second kappa shape index (κ2) is 8.41. The maximum Gasteiger partial charge on any atom is 0.254 e. The van der Waals surface area contributed by atoms with Gasteiger partial charge in [-0.2, -0.15) is 4.98 Å². The molecule has 9 nitrogen and oxygen atoms in total. The molecule has 10 heteroatoms. The number of carbonyl (C=O) groups is 1. The van der Waals surface area contributed by atoms with E-state index in [0.29, 0.717) is 5.82 Å². The molecule has 1 aromatic heterocycles. The normalized spacial score (nSPS) is 11.3. The number of ether oxygens (including phenoxy) is 1. The summed E-state index contributed by atoms with van der Waals surface area (Å²) in [5.41, 5.74) is 1.88. The van der Waals surface area contributed by atoms with Crippen molar-refractivity contribution in [3.63, 3.8) is 0 Å². The highest BCUT2D eigenvalue weighted by Crippen LogP contribution is 2.23. The quantitative estimate of drug-likeness (QED) is 0.603. The van der Waals surface area contributed by atoms with Gasteiger partial charge in [-0.25, -0.2) is 13.1 Å². The van der Waals surface area contributed by atoms with Gasteiger partial charge in [0.1, 0.15) is 5.75 Å². The minimum atomic E-state index is -3.92. The number of nitrogens with one attached hydrogen (secondary N) is 2. The summed E-state index contributed by atoms with van der Waals surface area (Å²) < 4.78 is 37.9. The second-order valence-corrected chi connectivity index (χ2v) is 7.86. The van der Waals surface area contributed by atoms with E-state index in [9.17, 15) is 13.2 Å². The second-order valence-electron chi connectivity index (χ2n) is 6.09. The molecule has 0 atom stereocenters. The van der Waals surface area contributed by atoms with Crippen LogP contribution in [0.4, 0.5) is 0 Å². The van der Waals surface area contributed by atoms with Crippen molar-refractivity contribution >= 4 is 15.9 Å². The topological polar surface area (TPSA) is 123 Å². The third-order valence-corrected chi connectivity index (χ3v) is 5.62. The number of sulfonamides is 1. The van der Waals surface area contributed by atoms with E-state index in [1.54, 1.807) is 0 Å². The fourth-order valence-electron chi connectivity index (χ4n) is 2.67. The predicted molar refractivity (Wildman–Crippen MR) is 105 cm³/mol. The van der Waals surface area contributed by atoms with Crippen LogP contribution in [0, 0.1) is 6.92 Å². The van der Waals surface area contributed by atoms with Gasteiger partial charge in [-0.1, -0.05) is 29.4 Å². The van der Waals surface area contributed by atoms with E-state index in [1.165, 1.54) is 32.4 Å². The Balaban J connectivity index is 1.79. The van der Waals surface area contributed by atoms with E-state index in [0.717, 1.165) is 11.1 Å².